The first-order valence-corrected chi connectivity index (χ1v) is 7.49. The lowest BCUT2D eigenvalue weighted by Gasteiger charge is -2.08. The van der Waals surface area contributed by atoms with Gasteiger partial charge in [-0.2, -0.15) is 4.52 Å². The van der Waals surface area contributed by atoms with Crippen LogP contribution in [-0.4, -0.2) is 20.0 Å². The first-order chi connectivity index (χ1) is 11.8. The van der Waals surface area contributed by atoms with Crippen LogP contribution in [0.5, 0.6) is 0 Å². The summed E-state index contributed by atoms with van der Waals surface area (Å²) in [6.07, 6.45) is 3.48. The highest BCUT2D eigenvalue weighted by atomic mass is 19.1. The van der Waals surface area contributed by atoms with Gasteiger partial charge in [-0.05, 0) is 46.3 Å². The number of fused-ring (bicyclic) bond motifs is 1. The number of benzene rings is 1. The van der Waals surface area contributed by atoms with Crippen LogP contribution in [0.15, 0.2) is 59.3 Å². The molecule has 0 saturated carbocycles. The highest BCUT2D eigenvalue weighted by Gasteiger charge is 2.09. The van der Waals surface area contributed by atoms with Crippen LogP contribution in [0.3, 0.4) is 0 Å². The zero-order valence-electron chi connectivity index (χ0n) is 12.7. The van der Waals surface area contributed by atoms with Crippen molar-refractivity contribution in [2.45, 2.75) is 13.1 Å². The summed E-state index contributed by atoms with van der Waals surface area (Å²) in [5.74, 6) is 0.600. The van der Waals surface area contributed by atoms with Crippen molar-refractivity contribution < 1.29 is 8.81 Å². The largest absolute Gasteiger partial charge is 0.468 e. The average Bonchev–Trinajstić information content (AvgIpc) is 3.26. The smallest absolute Gasteiger partial charge is 0.183 e. The predicted molar refractivity (Wildman–Crippen MR) is 85.4 cm³/mol. The predicted octanol–water partition coefficient (Wildman–Crippen LogP) is 2.81. The number of hydrogen-bond acceptors (Lipinski definition) is 5. The molecular weight excluding hydrogens is 309 g/mol. The minimum Gasteiger partial charge on any atom is -0.468 e. The number of nitrogens with one attached hydrogen (secondary N) is 1. The molecule has 0 bridgehead atoms. The summed E-state index contributed by atoms with van der Waals surface area (Å²) < 4.78 is 20.1. The molecule has 4 rings (SSSR count). The zero-order chi connectivity index (χ0) is 16.4. The Labute approximate surface area is 136 Å². The maximum atomic E-state index is 13.1. The highest BCUT2D eigenvalue weighted by molar-refractivity contribution is 5.66. The molecule has 7 heteroatoms. The number of halogens is 1. The fourth-order valence-corrected chi connectivity index (χ4v) is 2.58. The van der Waals surface area contributed by atoms with Crippen LogP contribution in [0.25, 0.3) is 16.8 Å². The fourth-order valence-electron chi connectivity index (χ4n) is 2.58. The van der Waals surface area contributed by atoms with Gasteiger partial charge in [-0.3, -0.25) is 0 Å². The Morgan fingerprint density at radius 2 is 1.96 bits per heavy atom. The van der Waals surface area contributed by atoms with Gasteiger partial charge in [-0.15, -0.1) is 5.10 Å². The van der Waals surface area contributed by atoms with Gasteiger partial charge in [0.25, 0.3) is 0 Å². The molecule has 3 heterocycles. The lowest BCUT2D eigenvalue weighted by molar-refractivity contribution is 0.483. The van der Waals surface area contributed by atoms with Gasteiger partial charge in [-0.1, -0.05) is 12.1 Å². The Morgan fingerprint density at radius 3 is 2.75 bits per heavy atom. The Morgan fingerprint density at radius 1 is 1.08 bits per heavy atom. The van der Waals surface area contributed by atoms with E-state index in [2.05, 4.69) is 20.8 Å². The van der Waals surface area contributed by atoms with Crippen molar-refractivity contribution >= 4 is 5.65 Å². The van der Waals surface area contributed by atoms with E-state index in [1.54, 1.807) is 22.9 Å². The standard InChI is InChI=1S/C17H14FN5O/c18-15-5-3-12(4-6-15)14-8-13(17-20-21-22-23(17)11-14)9-19-10-16-2-1-7-24-16/h1-8,11,19H,9-10H2. The maximum absolute atomic E-state index is 13.1. The van der Waals surface area contributed by atoms with Crippen molar-refractivity contribution in [2.24, 2.45) is 0 Å². The lowest BCUT2D eigenvalue weighted by Crippen LogP contribution is -2.13. The van der Waals surface area contributed by atoms with Crippen LogP contribution < -0.4 is 5.32 Å². The summed E-state index contributed by atoms with van der Waals surface area (Å²) in [4.78, 5) is 0. The van der Waals surface area contributed by atoms with E-state index < -0.39 is 0 Å². The van der Waals surface area contributed by atoms with Crippen LogP contribution in [0.1, 0.15) is 11.3 Å². The van der Waals surface area contributed by atoms with E-state index in [1.165, 1.54) is 12.1 Å². The van der Waals surface area contributed by atoms with Gasteiger partial charge < -0.3 is 9.73 Å². The summed E-state index contributed by atoms with van der Waals surface area (Å²) in [5, 5.41) is 15.1. The van der Waals surface area contributed by atoms with Crippen LogP contribution >= 0.6 is 0 Å². The molecule has 0 unspecified atom stereocenters. The molecule has 1 N–H and O–H groups in total. The normalized spacial score (nSPS) is 11.2. The van der Waals surface area contributed by atoms with Crippen molar-refractivity contribution in [1.29, 1.82) is 0 Å². The molecule has 1 aromatic carbocycles. The van der Waals surface area contributed by atoms with Gasteiger partial charge in [0.05, 0.1) is 12.8 Å². The molecule has 0 aliphatic heterocycles. The van der Waals surface area contributed by atoms with Gasteiger partial charge >= 0.3 is 0 Å². The van der Waals surface area contributed by atoms with Crippen LogP contribution in [-0.2, 0) is 13.1 Å². The third-order valence-corrected chi connectivity index (χ3v) is 3.74. The van der Waals surface area contributed by atoms with Crippen molar-refractivity contribution in [3.8, 4) is 11.1 Å². The number of aromatic nitrogens is 4. The second-order valence-electron chi connectivity index (χ2n) is 5.39. The number of tetrazole rings is 1. The number of nitrogens with zero attached hydrogens (tertiary/aromatic N) is 4. The van der Waals surface area contributed by atoms with E-state index in [0.29, 0.717) is 18.7 Å². The Hall–Kier alpha value is -3.06. The number of pyridine rings is 1. The summed E-state index contributed by atoms with van der Waals surface area (Å²) >= 11 is 0. The number of hydrogen-bond donors (Lipinski definition) is 1. The molecule has 0 atom stereocenters. The monoisotopic (exact) mass is 323 g/mol. The quantitative estimate of drug-likeness (QED) is 0.612. The molecule has 0 fully saturated rings. The summed E-state index contributed by atoms with van der Waals surface area (Å²) in [5.41, 5.74) is 3.46. The molecular formula is C17H14FN5O. The van der Waals surface area contributed by atoms with Crippen molar-refractivity contribution in [1.82, 2.24) is 25.4 Å². The SMILES string of the molecule is Fc1ccc(-c2cc(CNCc3ccco3)c3nnnn3c2)cc1. The molecule has 120 valence electrons. The van der Waals surface area contributed by atoms with Gasteiger partial charge in [0.15, 0.2) is 5.65 Å². The first-order valence-electron chi connectivity index (χ1n) is 7.49. The first kappa shape index (κ1) is 14.5. The third-order valence-electron chi connectivity index (χ3n) is 3.74. The summed E-state index contributed by atoms with van der Waals surface area (Å²) in [7, 11) is 0. The molecule has 6 nitrogen and oxygen atoms in total. The van der Waals surface area contributed by atoms with Crippen LogP contribution in [0, 0.1) is 5.82 Å². The van der Waals surface area contributed by atoms with E-state index in [0.717, 1.165) is 22.5 Å². The summed E-state index contributed by atoms with van der Waals surface area (Å²) in [6.45, 7) is 1.20. The van der Waals surface area contributed by atoms with E-state index in [-0.39, 0.29) is 5.82 Å². The third kappa shape index (κ3) is 2.89. The van der Waals surface area contributed by atoms with Gasteiger partial charge in [-0.25, -0.2) is 4.39 Å². The Bertz CT molecular complexity index is 947. The van der Waals surface area contributed by atoms with Gasteiger partial charge in [0.2, 0.25) is 0 Å². The molecule has 3 aromatic heterocycles. The maximum Gasteiger partial charge on any atom is 0.183 e. The minimum absolute atomic E-state index is 0.261. The van der Waals surface area contributed by atoms with Crippen LogP contribution in [0.4, 0.5) is 4.39 Å². The van der Waals surface area contributed by atoms with Crippen molar-refractivity contribution in [3.05, 3.63) is 72.1 Å². The van der Waals surface area contributed by atoms with Crippen LogP contribution in [0.2, 0.25) is 0 Å². The second kappa shape index (κ2) is 6.21. The topological polar surface area (TPSA) is 68.2 Å². The van der Waals surface area contributed by atoms with E-state index in [1.807, 2.05) is 24.4 Å². The molecule has 0 aliphatic carbocycles. The molecule has 0 amide bonds. The molecule has 4 aromatic rings. The number of furan rings is 1. The van der Waals surface area contributed by atoms with Gasteiger partial charge in [0, 0.05) is 23.9 Å². The van der Waals surface area contributed by atoms with Crippen molar-refractivity contribution in [2.75, 3.05) is 0 Å². The second-order valence-corrected chi connectivity index (χ2v) is 5.39. The van der Waals surface area contributed by atoms with Gasteiger partial charge in [0.1, 0.15) is 11.6 Å². The molecule has 0 aliphatic rings. The minimum atomic E-state index is -0.261. The Kier molecular flexibility index (Phi) is 3.76. The highest BCUT2D eigenvalue weighted by Crippen LogP contribution is 2.22. The fraction of sp³-hybridized carbons (Fsp3) is 0.118. The Balaban J connectivity index is 1.63. The zero-order valence-corrected chi connectivity index (χ0v) is 12.7. The van der Waals surface area contributed by atoms with E-state index in [9.17, 15) is 4.39 Å². The molecule has 24 heavy (non-hydrogen) atoms. The van der Waals surface area contributed by atoms with Crippen molar-refractivity contribution in [3.63, 3.8) is 0 Å². The lowest BCUT2D eigenvalue weighted by atomic mass is 10.1. The number of rotatable bonds is 5. The summed E-state index contributed by atoms with van der Waals surface area (Å²) in [6, 6.07) is 12.1. The van der Waals surface area contributed by atoms with E-state index >= 15 is 0 Å². The van der Waals surface area contributed by atoms with E-state index in [4.69, 9.17) is 4.42 Å². The molecule has 0 saturated heterocycles. The molecule has 0 spiro atoms. The molecule has 0 radical (unpaired) electrons. The average molecular weight is 323 g/mol.